The van der Waals surface area contributed by atoms with Crippen LogP contribution in [-0.4, -0.2) is 28.9 Å². The molecule has 0 spiro atoms. The number of halogens is 1. The van der Waals surface area contributed by atoms with Gasteiger partial charge in [0, 0.05) is 18.7 Å². The molecule has 0 radical (unpaired) electrons. The van der Waals surface area contributed by atoms with Gasteiger partial charge < -0.3 is 14.8 Å². The zero-order valence-electron chi connectivity index (χ0n) is 15.3. The molecule has 0 fully saturated rings. The van der Waals surface area contributed by atoms with Crippen molar-refractivity contribution < 1.29 is 14.3 Å². The smallest absolute Gasteiger partial charge is 0.245 e. The number of amides is 1. The van der Waals surface area contributed by atoms with E-state index < -0.39 is 0 Å². The largest absolute Gasteiger partial charge is 0.489 e. The first-order valence-electron chi connectivity index (χ1n) is 8.88. The number of aryl methyl sites for hydroxylation is 2. The number of carbonyl (C=O) groups excluding carboxylic acids is 1. The van der Waals surface area contributed by atoms with Crippen LogP contribution in [0.1, 0.15) is 42.8 Å². The van der Waals surface area contributed by atoms with Gasteiger partial charge in [-0.25, -0.2) is 0 Å². The van der Waals surface area contributed by atoms with Gasteiger partial charge in [0.25, 0.3) is 0 Å². The van der Waals surface area contributed by atoms with Crippen LogP contribution in [0.2, 0.25) is 5.02 Å². The summed E-state index contributed by atoms with van der Waals surface area (Å²) in [7, 11) is 0. The molecular weight excluding hydrogens is 354 g/mol. The summed E-state index contributed by atoms with van der Waals surface area (Å²) in [5.74, 6) is 1.14. The van der Waals surface area contributed by atoms with Gasteiger partial charge in [-0.1, -0.05) is 18.5 Å². The Hall–Kier alpha value is -2.21. The average molecular weight is 378 g/mol. The zero-order valence-corrected chi connectivity index (χ0v) is 16.1. The minimum absolute atomic E-state index is 0.0677. The van der Waals surface area contributed by atoms with Gasteiger partial charge in [-0.3, -0.25) is 9.48 Å². The van der Waals surface area contributed by atoms with Crippen molar-refractivity contribution in [2.75, 3.05) is 13.2 Å². The van der Waals surface area contributed by atoms with Crippen LogP contribution in [0.25, 0.3) is 0 Å². The molecule has 1 aliphatic heterocycles. The third-order valence-corrected chi connectivity index (χ3v) is 4.64. The summed E-state index contributed by atoms with van der Waals surface area (Å²) in [6.07, 6.45) is 1.48. The van der Waals surface area contributed by atoms with Gasteiger partial charge in [0.2, 0.25) is 5.91 Å². The van der Waals surface area contributed by atoms with Crippen LogP contribution in [0, 0.1) is 13.8 Å². The van der Waals surface area contributed by atoms with E-state index in [1.807, 2.05) is 32.9 Å². The van der Waals surface area contributed by atoms with Crippen molar-refractivity contribution in [2.24, 2.45) is 0 Å². The molecule has 2 heterocycles. The van der Waals surface area contributed by atoms with Crippen molar-refractivity contribution in [3.05, 3.63) is 40.2 Å². The van der Waals surface area contributed by atoms with Gasteiger partial charge in [-0.2, -0.15) is 5.10 Å². The Morgan fingerprint density at radius 1 is 1.31 bits per heavy atom. The van der Waals surface area contributed by atoms with Gasteiger partial charge in [0.05, 0.1) is 23.9 Å². The molecule has 1 aromatic heterocycles. The van der Waals surface area contributed by atoms with E-state index in [-0.39, 0.29) is 11.9 Å². The Morgan fingerprint density at radius 3 is 2.77 bits per heavy atom. The highest BCUT2D eigenvalue weighted by Crippen LogP contribution is 2.38. The number of hydrogen-bond donors (Lipinski definition) is 1. The maximum absolute atomic E-state index is 12.7. The fraction of sp³-hybridized carbons (Fsp3) is 0.474. The molecule has 26 heavy (non-hydrogen) atoms. The predicted octanol–water partition coefficient (Wildman–Crippen LogP) is 3.58. The highest BCUT2D eigenvalue weighted by atomic mass is 35.5. The fourth-order valence-corrected chi connectivity index (χ4v) is 3.41. The molecule has 6 nitrogen and oxygen atoms in total. The highest BCUT2D eigenvalue weighted by Gasteiger charge is 2.21. The number of fused-ring (bicyclic) bond motifs is 1. The maximum Gasteiger partial charge on any atom is 0.245 e. The third kappa shape index (κ3) is 3.96. The van der Waals surface area contributed by atoms with Crippen molar-refractivity contribution in [1.29, 1.82) is 0 Å². The lowest BCUT2D eigenvalue weighted by molar-refractivity contribution is -0.124. The van der Waals surface area contributed by atoms with E-state index in [1.165, 1.54) is 0 Å². The second kappa shape index (κ2) is 7.99. The van der Waals surface area contributed by atoms with Crippen molar-refractivity contribution in [3.63, 3.8) is 0 Å². The predicted molar refractivity (Wildman–Crippen MR) is 99.9 cm³/mol. The topological polar surface area (TPSA) is 65.4 Å². The molecule has 2 aromatic rings. The molecular formula is C19H24ClN3O3. The summed E-state index contributed by atoms with van der Waals surface area (Å²) >= 11 is 6.31. The monoisotopic (exact) mass is 377 g/mol. The number of nitrogens with one attached hydrogen (secondary N) is 1. The molecule has 1 aliphatic rings. The number of rotatable bonds is 5. The highest BCUT2D eigenvalue weighted by molar-refractivity contribution is 6.32. The van der Waals surface area contributed by atoms with Crippen molar-refractivity contribution in [1.82, 2.24) is 15.1 Å². The first-order chi connectivity index (χ1) is 12.5. The summed E-state index contributed by atoms with van der Waals surface area (Å²) in [5, 5.41) is 7.92. The molecule has 1 atom stereocenters. The quantitative estimate of drug-likeness (QED) is 0.864. The summed E-state index contributed by atoms with van der Waals surface area (Å²) in [6, 6.07) is 5.32. The van der Waals surface area contributed by atoms with E-state index in [9.17, 15) is 4.79 Å². The molecule has 0 saturated heterocycles. The molecule has 1 N–H and O–H groups in total. The average Bonchev–Trinajstić information content (AvgIpc) is 2.80. The van der Waals surface area contributed by atoms with E-state index >= 15 is 0 Å². The minimum Gasteiger partial charge on any atom is -0.489 e. The molecule has 7 heteroatoms. The van der Waals surface area contributed by atoms with Crippen molar-refractivity contribution in [2.45, 2.75) is 46.2 Å². The van der Waals surface area contributed by atoms with Crippen molar-refractivity contribution in [3.8, 4) is 11.5 Å². The Balaban J connectivity index is 1.72. The molecule has 0 saturated carbocycles. The number of nitrogens with zero attached hydrogens (tertiary/aromatic N) is 2. The number of benzene rings is 1. The first-order valence-corrected chi connectivity index (χ1v) is 9.26. The first kappa shape index (κ1) is 18.6. The lowest BCUT2D eigenvalue weighted by Gasteiger charge is -2.18. The van der Waals surface area contributed by atoms with Gasteiger partial charge in [-0.05, 0) is 44.0 Å². The molecule has 0 bridgehead atoms. The molecule has 1 aromatic carbocycles. The normalized spacial score (nSPS) is 14.6. The Bertz CT molecular complexity index is 804. The lowest BCUT2D eigenvalue weighted by atomic mass is 10.1. The third-order valence-electron chi connectivity index (χ3n) is 4.36. The summed E-state index contributed by atoms with van der Waals surface area (Å²) in [5.41, 5.74) is 2.75. The van der Waals surface area contributed by atoms with E-state index in [2.05, 4.69) is 10.4 Å². The summed E-state index contributed by atoms with van der Waals surface area (Å²) < 4.78 is 13.1. The number of ether oxygens (including phenoxy) is 2. The Labute approximate surface area is 158 Å². The molecule has 0 unspecified atom stereocenters. The Morgan fingerprint density at radius 2 is 2.08 bits per heavy atom. The van der Waals surface area contributed by atoms with Crippen LogP contribution in [0.4, 0.5) is 0 Å². The van der Waals surface area contributed by atoms with Gasteiger partial charge in [0.15, 0.2) is 11.5 Å². The summed E-state index contributed by atoms with van der Waals surface area (Å²) in [6.45, 7) is 7.40. The van der Waals surface area contributed by atoms with E-state index in [0.717, 1.165) is 23.4 Å². The lowest BCUT2D eigenvalue weighted by Crippen LogP contribution is -2.33. The van der Waals surface area contributed by atoms with Gasteiger partial charge >= 0.3 is 0 Å². The van der Waals surface area contributed by atoms with Crippen LogP contribution in [0.5, 0.6) is 11.5 Å². The second-order valence-electron chi connectivity index (χ2n) is 6.47. The second-order valence-corrected chi connectivity index (χ2v) is 6.88. The molecule has 140 valence electrons. The van der Waals surface area contributed by atoms with Crippen molar-refractivity contribution >= 4 is 17.5 Å². The van der Waals surface area contributed by atoms with Crippen LogP contribution in [0.15, 0.2) is 18.2 Å². The number of hydrogen-bond acceptors (Lipinski definition) is 4. The Kier molecular flexibility index (Phi) is 5.71. The molecule has 3 rings (SSSR count). The van der Waals surface area contributed by atoms with E-state index in [4.69, 9.17) is 21.1 Å². The minimum atomic E-state index is -0.334. The number of aromatic nitrogens is 2. The summed E-state index contributed by atoms with van der Waals surface area (Å²) in [4.78, 5) is 12.7. The standard InChI is InChI=1S/C19H24ClN3O3/c1-4-16(23-13(3)8-12(2)22-23)19(24)21-11-14-9-15(20)18-17(10-14)25-6-5-7-26-18/h8-10,16H,4-7,11H2,1-3H3,(H,21,24)/t16-/m1/s1. The van der Waals surface area contributed by atoms with Crippen LogP contribution in [-0.2, 0) is 11.3 Å². The van der Waals surface area contributed by atoms with Crippen LogP contribution in [0.3, 0.4) is 0 Å². The fourth-order valence-electron chi connectivity index (χ4n) is 3.12. The van der Waals surface area contributed by atoms with Gasteiger partial charge in [-0.15, -0.1) is 0 Å². The molecule has 1 amide bonds. The van der Waals surface area contributed by atoms with Crippen LogP contribution >= 0.6 is 11.6 Å². The van der Waals surface area contributed by atoms with Crippen LogP contribution < -0.4 is 14.8 Å². The van der Waals surface area contributed by atoms with E-state index in [0.29, 0.717) is 42.7 Å². The molecule has 0 aliphatic carbocycles. The van der Waals surface area contributed by atoms with Gasteiger partial charge in [0.1, 0.15) is 6.04 Å². The maximum atomic E-state index is 12.7. The number of carbonyl (C=O) groups is 1. The zero-order chi connectivity index (χ0) is 18.7. The van der Waals surface area contributed by atoms with E-state index in [1.54, 1.807) is 10.7 Å². The SMILES string of the molecule is CC[C@H](C(=O)NCc1cc(Cl)c2c(c1)OCCCO2)n1nc(C)cc1C.